The van der Waals surface area contributed by atoms with Crippen molar-refractivity contribution in [1.82, 2.24) is 5.43 Å². The number of carbonyl (C=O) groups excluding carboxylic acids is 1. The van der Waals surface area contributed by atoms with E-state index in [1.54, 1.807) is 37.6 Å². The quantitative estimate of drug-likeness (QED) is 0.506. The van der Waals surface area contributed by atoms with Gasteiger partial charge in [0.15, 0.2) is 18.0 Å². The van der Waals surface area contributed by atoms with Crippen LogP contribution in [-0.4, -0.2) is 52.1 Å². The number of quaternary nitrogens is 1. The summed E-state index contributed by atoms with van der Waals surface area (Å²) in [5, 5.41) is 4.01. The van der Waals surface area contributed by atoms with Gasteiger partial charge in [-0.2, -0.15) is 5.10 Å². The van der Waals surface area contributed by atoms with Gasteiger partial charge >= 0.3 is 0 Å². The minimum atomic E-state index is -0.284. The van der Waals surface area contributed by atoms with Gasteiger partial charge in [-0.25, -0.2) is 9.82 Å². The molecule has 29 heavy (non-hydrogen) atoms. The molecular formula is C21H25FN3O4+. The Labute approximate surface area is 169 Å². The van der Waals surface area contributed by atoms with Gasteiger partial charge < -0.3 is 19.1 Å². The smallest absolute Gasteiger partial charge is 0.295 e. The molecule has 2 aromatic rings. The van der Waals surface area contributed by atoms with Crippen molar-refractivity contribution in [3.05, 3.63) is 59.4 Å². The van der Waals surface area contributed by atoms with E-state index in [1.807, 2.05) is 6.07 Å². The highest BCUT2D eigenvalue weighted by Crippen LogP contribution is 2.28. The molecule has 2 aromatic carbocycles. The van der Waals surface area contributed by atoms with E-state index in [0.717, 1.165) is 24.2 Å². The summed E-state index contributed by atoms with van der Waals surface area (Å²) >= 11 is 0. The van der Waals surface area contributed by atoms with E-state index in [0.29, 0.717) is 37.9 Å². The number of hydrogen-bond donors (Lipinski definition) is 2. The van der Waals surface area contributed by atoms with Gasteiger partial charge in [0.1, 0.15) is 25.5 Å². The Hall–Kier alpha value is -2.97. The van der Waals surface area contributed by atoms with Gasteiger partial charge in [0, 0.05) is 0 Å². The average molecular weight is 402 g/mol. The Kier molecular flexibility index (Phi) is 7.54. The molecule has 1 heterocycles. The number of nitrogens with zero attached hydrogens (tertiary/aromatic N) is 1. The standard InChI is InChI=1S/C21H24FN3O4/c1-27-20-12-17(13-23-24-21(26)14-25-8-10-28-11-9-25)4-7-19(20)29-15-16-2-5-18(22)6-3-16/h2-7,12-13H,8-11,14-15H2,1H3,(H,24,26)/p+1/b23-13-. The van der Waals surface area contributed by atoms with Crippen molar-refractivity contribution in [2.24, 2.45) is 5.10 Å². The van der Waals surface area contributed by atoms with Crippen molar-refractivity contribution in [2.75, 3.05) is 40.0 Å². The maximum atomic E-state index is 13.0. The summed E-state index contributed by atoms with van der Waals surface area (Å²) in [5.41, 5.74) is 4.16. The first-order valence-corrected chi connectivity index (χ1v) is 9.42. The number of nitrogens with one attached hydrogen (secondary N) is 2. The molecule has 0 aliphatic carbocycles. The Balaban J connectivity index is 1.52. The molecule has 2 N–H and O–H groups in total. The van der Waals surface area contributed by atoms with Crippen LogP contribution < -0.4 is 19.8 Å². The average Bonchev–Trinajstić information content (AvgIpc) is 2.74. The molecule has 0 bridgehead atoms. The van der Waals surface area contributed by atoms with Crippen LogP contribution in [0.15, 0.2) is 47.6 Å². The molecule has 8 heteroatoms. The second kappa shape index (κ2) is 10.5. The third kappa shape index (κ3) is 6.55. The van der Waals surface area contributed by atoms with Gasteiger partial charge in [-0.15, -0.1) is 0 Å². The molecule has 0 spiro atoms. The minimum absolute atomic E-state index is 0.135. The lowest BCUT2D eigenvalue weighted by Gasteiger charge is -2.22. The van der Waals surface area contributed by atoms with E-state index in [2.05, 4.69) is 10.5 Å². The maximum absolute atomic E-state index is 13.0. The lowest BCUT2D eigenvalue weighted by Crippen LogP contribution is -3.15. The van der Waals surface area contributed by atoms with Crippen LogP contribution >= 0.6 is 0 Å². The van der Waals surface area contributed by atoms with Crippen molar-refractivity contribution >= 4 is 12.1 Å². The molecule has 1 saturated heterocycles. The lowest BCUT2D eigenvalue weighted by molar-refractivity contribution is -0.900. The number of halogens is 1. The monoisotopic (exact) mass is 402 g/mol. The van der Waals surface area contributed by atoms with Crippen LogP contribution in [0.3, 0.4) is 0 Å². The summed E-state index contributed by atoms with van der Waals surface area (Å²) < 4.78 is 29.4. The molecule has 7 nitrogen and oxygen atoms in total. The second-order valence-corrected chi connectivity index (χ2v) is 6.66. The number of methoxy groups -OCH3 is 1. The number of amides is 1. The number of benzene rings is 2. The van der Waals surface area contributed by atoms with Crippen LogP contribution in [0.4, 0.5) is 4.39 Å². The lowest BCUT2D eigenvalue weighted by atomic mass is 10.2. The summed E-state index contributed by atoms with van der Waals surface area (Å²) in [5.74, 6) is 0.687. The fraction of sp³-hybridized carbons (Fsp3) is 0.333. The van der Waals surface area contributed by atoms with Crippen LogP contribution in [0.1, 0.15) is 11.1 Å². The molecule has 0 atom stereocenters. The molecule has 1 amide bonds. The third-order valence-corrected chi connectivity index (χ3v) is 4.51. The van der Waals surface area contributed by atoms with E-state index in [1.165, 1.54) is 17.0 Å². The zero-order valence-electron chi connectivity index (χ0n) is 16.3. The van der Waals surface area contributed by atoms with Gasteiger partial charge in [0.05, 0.1) is 26.5 Å². The molecule has 0 radical (unpaired) electrons. The van der Waals surface area contributed by atoms with Crippen LogP contribution in [0.5, 0.6) is 11.5 Å². The normalized spacial score (nSPS) is 14.7. The highest BCUT2D eigenvalue weighted by Gasteiger charge is 2.17. The van der Waals surface area contributed by atoms with Crippen LogP contribution in [0.25, 0.3) is 0 Å². The molecule has 3 rings (SSSR count). The van der Waals surface area contributed by atoms with E-state index >= 15 is 0 Å². The predicted molar refractivity (Wildman–Crippen MR) is 106 cm³/mol. The number of morpholine rings is 1. The summed E-state index contributed by atoms with van der Waals surface area (Å²) in [6.45, 7) is 3.69. The first-order chi connectivity index (χ1) is 14.1. The zero-order valence-corrected chi connectivity index (χ0v) is 16.3. The van der Waals surface area contributed by atoms with Crippen molar-refractivity contribution in [3.8, 4) is 11.5 Å². The molecule has 1 fully saturated rings. The topological polar surface area (TPSA) is 73.6 Å². The Morgan fingerprint density at radius 2 is 1.97 bits per heavy atom. The van der Waals surface area contributed by atoms with Gasteiger partial charge in [-0.3, -0.25) is 4.79 Å². The van der Waals surface area contributed by atoms with Gasteiger partial charge in [-0.1, -0.05) is 12.1 Å². The number of rotatable bonds is 8. The molecule has 0 saturated carbocycles. The van der Waals surface area contributed by atoms with Crippen LogP contribution in [0.2, 0.25) is 0 Å². The number of hydrazone groups is 1. The third-order valence-electron chi connectivity index (χ3n) is 4.51. The molecule has 1 aliphatic rings. The Morgan fingerprint density at radius 3 is 2.69 bits per heavy atom. The zero-order chi connectivity index (χ0) is 20.5. The first kappa shape index (κ1) is 20.8. The summed E-state index contributed by atoms with van der Waals surface area (Å²) in [6, 6.07) is 11.5. The van der Waals surface area contributed by atoms with E-state index in [4.69, 9.17) is 14.2 Å². The number of hydrogen-bond acceptors (Lipinski definition) is 5. The maximum Gasteiger partial charge on any atom is 0.295 e. The molecule has 0 unspecified atom stereocenters. The van der Waals surface area contributed by atoms with E-state index < -0.39 is 0 Å². The fourth-order valence-corrected chi connectivity index (χ4v) is 2.91. The first-order valence-electron chi connectivity index (χ1n) is 9.42. The molecule has 154 valence electrons. The number of carbonyl (C=O) groups is 1. The summed E-state index contributed by atoms with van der Waals surface area (Å²) in [6.07, 6.45) is 1.55. The predicted octanol–water partition coefficient (Wildman–Crippen LogP) is 0.779. The van der Waals surface area contributed by atoms with Gasteiger partial charge in [-0.05, 0) is 41.5 Å². The molecule has 0 aromatic heterocycles. The number of ether oxygens (including phenoxy) is 3. The van der Waals surface area contributed by atoms with Gasteiger partial charge in [0.2, 0.25) is 0 Å². The van der Waals surface area contributed by atoms with Crippen molar-refractivity contribution in [2.45, 2.75) is 6.61 Å². The summed E-state index contributed by atoms with van der Waals surface area (Å²) in [7, 11) is 1.55. The molecule has 1 aliphatic heterocycles. The Morgan fingerprint density at radius 1 is 1.21 bits per heavy atom. The van der Waals surface area contributed by atoms with Crippen molar-refractivity contribution in [1.29, 1.82) is 0 Å². The highest BCUT2D eigenvalue weighted by molar-refractivity contribution is 5.83. The van der Waals surface area contributed by atoms with Crippen LogP contribution in [-0.2, 0) is 16.1 Å². The van der Waals surface area contributed by atoms with E-state index in [9.17, 15) is 9.18 Å². The Bertz CT molecular complexity index is 836. The summed E-state index contributed by atoms with van der Waals surface area (Å²) in [4.78, 5) is 13.2. The second-order valence-electron chi connectivity index (χ2n) is 6.66. The largest absolute Gasteiger partial charge is 0.493 e. The molecular weight excluding hydrogens is 377 g/mol. The van der Waals surface area contributed by atoms with Crippen LogP contribution in [0, 0.1) is 5.82 Å². The fourth-order valence-electron chi connectivity index (χ4n) is 2.91. The van der Waals surface area contributed by atoms with Crippen molar-refractivity contribution < 1.29 is 28.3 Å². The van der Waals surface area contributed by atoms with Crippen molar-refractivity contribution in [3.63, 3.8) is 0 Å². The SMILES string of the molecule is COc1cc(/C=N\NC(=O)C[NH+]2CCOCC2)ccc1OCc1ccc(F)cc1. The van der Waals surface area contributed by atoms with E-state index in [-0.39, 0.29) is 11.7 Å². The minimum Gasteiger partial charge on any atom is -0.493 e. The highest BCUT2D eigenvalue weighted by atomic mass is 19.1. The van der Waals surface area contributed by atoms with Gasteiger partial charge in [0.25, 0.3) is 5.91 Å².